The average Bonchev–Trinajstić information content (AvgIpc) is 1.85. The molecule has 3 nitrogen and oxygen atoms in total. The summed E-state index contributed by atoms with van der Waals surface area (Å²) in [5.74, 6) is 0. The van der Waals surface area contributed by atoms with Crippen molar-refractivity contribution in [2.45, 2.75) is 26.7 Å². The van der Waals surface area contributed by atoms with Crippen molar-refractivity contribution in [1.82, 2.24) is 5.32 Å². The Labute approximate surface area is 56.0 Å². The van der Waals surface area contributed by atoms with Gasteiger partial charge in [-0.3, -0.25) is 5.32 Å². The lowest BCUT2D eigenvalue weighted by Crippen LogP contribution is -2.31. The first-order valence-corrected chi connectivity index (χ1v) is 3.34. The molecule has 9 heavy (non-hydrogen) atoms. The first-order valence-electron chi connectivity index (χ1n) is 3.34. The Bertz CT molecular complexity index is 59.0. The van der Waals surface area contributed by atoms with Gasteiger partial charge in [-0.1, -0.05) is 13.8 Å². The molecule has 1 atom stereocenters. The molecule has 0 aliphatic carbocycles. The van der Waals surface area contributed by atoms with Gasteiger partial charge in [0.15, 0.2) is 0 Å². The monoisotopic (exact) mass is 133 g/mol. The van der Waals surface area contributed by atoms with E-state index in [2.05, 4.69) is 5.32 Å². The van der Waals surface area contributed by atoms with Gasteiger partial charge >= 0.3 is 0 Å². The molecule has 0 spiro atoms. The van der Waals surface area contributed by atoms with Crippen LogP contribution in [0.1, 0.15) is 20.3 Å². The van der Waals surface area contributed by atoms with Crippen LogP contribution < -0.4 is 5.32 Å². The smallest absolute Gasteiger partial charge is 0.213 e. The van der Waals surface area contributed by atoms with Gasteiger partial charge < -0.3 is 9.84 Å². The highest BCUT2D eigenvalue weighted by atomic mass is 16.6. The van der Waals surface area contributed by atoms with Crippen LogP contribution in [0, 0.1) is 0 Å². The van der Waals surface area contributed by atoms with Crippen molar-refractivity contribution in [3.05, 3.63) is 0 Å². The summed E-state index contributed by atoms with van der Waals surface area (Å²) >= 11 is 0. The van der Waals surface area contributed by atoms with E-state index >= 15 is 0 Å². The SMILES string of the molecule is CCCOC(O)NCC. The fraction of sp³-hybridized carbons (Fsp3) is 1.00. The van der Waals surface area contributed by atoms with Crippen molar-refractivity contribution in [3.8, 4) is 0 Å². The summed E-state index contributed by atoms with van der Waals surface area (Å²) in [4.78, 5) is 0. The predicted octanol–water partition coefficient (Wildman–Crippen LogP) is 0.298. The summed E-state index contributed by atoms with van der Waals surface area (Å²) in [6, 6.07) is 0. The molecule has 0 aromatic rings. The van der Waals surface area contributed by atoms with E-state index in [1.54, 1.807) is 0 Å². The van der Waals surface area contributed by atoms with Crippen LogP contribution in [0.15, 0.2) is 0 Å². The molecule has 0 aliphatic rings. The molecule has 0 aromatic heterocycles. The molecule has 0 heterocycles. The Morgan fingerprint density at radius 3 is 2.67 bits per heavy atom. The maximum Gasteiger partial charge on any atom is 0.213 e. The molecule has 0 aromatic carbocycles. The topological polar surface area (TPSA) is 41.5 Å². The minimum absolute atomic E-state index is 0.605. The summed E-state index contributed by atoms with van der Waals surface area (Å²) in [5, 5.41) is 11.6. The maximum absolute atomic E-state index is 8.85. The Morgan fingerprint density at radius 1 is 1.56 bits per heavy atom. The van der Waals surface area contributed by atoms with Crippen molar-refractivity contribution < 1.29 is 9.84 Å². The number of nitrogens with one attached hydrogen (secondary N) is 1. The Morgan fingerprint density at radius 2 is 2.22 bits per heavy atom. The molecular weight excluding hydrogens is 118 g/mol. The first kappa shape index (κ1) is 8.88. The second kappa shape index (κ2) is 6.01. The Balaban J connectivity index is 2.95. The minimum atomic E-state index is -0.782. The van der Waals surface area contributed by atoms with E-state index in [1.165, 1.54) is 0 Å². The van der Waals surface area contributed by atoms with Gasteiger partial charge in [0.05, 0.1) is 6.61 Å². The van der Waals surface area contributed by atoms with Gasteiger partial charge in [0, 0.05) is 0 Å². The number of hydrogen-bond donors (Lipinski definition) is 2. The number of rotatable bonds is 5. The van der Waals surface area contributed by atoms with Crippen LogP contribution in [0.2, 0.25) is 0 Å². The van der Waals surface area contributed by atoms with Crippen LogP contribution in [0.3, 0.4) is 0 Å². The summed E-state index contributed by atoms with van der Waals surface area (Å²) in [6.45, 7) is 5.25. The molecule has 0 bridgehead atoms. The highest BCUT2D eigenvalue weighted by Gasteiger charge is 1.96. The van der Waals surface area contributed by atoms with Gasteiger partial charge in [-0.05, 0) is 13.0 Å². The average molecular weight is 133 g/mol. The number of aliphatic hydroxyl groups excluding tert-OH is 1. The lowest BCUT2D eigenvalue weighted by atomic mass is 10.5. The van der Waals surface area contributed by atoms with Gasteiger partial charge in [-0.15, -0.1) is 0 Å². The van der Waals surface area contributed by atoms with Crippen molar-refractivity contribution in [2.24, 2.45) is 0 Å². The molecule has 0 rings (SSSR count). The largest absolute Gasteiger partial charge is 0.356 e. The second-order valence-electron chi connectivity index (χ2n) is 1.78. The van der Waals surface area contributed by atoms with E-state index in [-0.39, 0.29) is 0 Å². The number of ether oxygens (including phenoxy) is 1. The molecule has 0 saturated carbocycles. The maximum atomic E-state index is 8.85. The molecule has 0 radical (unpaired) electrons. The summed E-state index contributed by atoms with van der Waals surface area (Å²) < 4.78 is 4.88. The zero-order chi connectivity index (χ0) is 7.11. The first-order chi connectivity index (χ1) is 4.31. The van der Waals surface area contributed by atoms with Gasteiger partial charge in [0.2, 0.25) is 6.41 Å². The van der Waals surface area contributed by atoms with Crippen molar-refractivity contribution in [2.75, 3.05) is 13.2 Å². The van der Waals surface area contributed by atoms with Crippen LogP contribution in [-0.4, -0.2) is 24.7 Å². The molecule has 0 amide bonds. The lowest BCUT2D eigenvalue weighted by molar-refractivity contribution is -0.118. The predicted molar refractivity (Wildman–Crippen MR) is 35.9 cm³/mol. The van der Waals surface area contributed by atoms with Gasteiger partial charge in [-0.25, -0.2) is 0 Å². The van der Waals surface area contributed by atoms with Gasteiger partial charge in [-0.2, -0.15) is 0 Å². The minimum Gasteiger partial charge on any atom is -0.356 e. The van der Waals surface area contributed by atoms with E-state index in [0.717, 1.165) is 13.0 Å². The molecule has 2 N–H and O–H groups in total. The molecule has 3 heteroatoms. The normalized spacial score (nSPS) is 13.7. The van der Waals surface area contributed by atoms with Crippen LogP contribution in [0.4, 0.5) is 0 Å². The standard InChI is InChI=1S/C6H15NO2/c1-3-5-9-6(8)7-4-2/h6-8H,3-5H2,1-2H3. The lowest BCUT2D eigenvalue weighted by Gasteiger charge is -2.10. The molecule has 1 unspecified atom stereocenters. The summed E-state index contributed by atoms with van der Waals surface area (Å²) in [6.07, 6.45) is 0.151. The molecule has 0 aliphatic heterocycles. The van der Waals surface area contributed by atoms with Crippen molar-refractivity contribution in [1.29, 1.82) is 0 Å². The highest BCUT2D eigenvalue weighted by Crippen LogP contribution is 1.83. The fourth-order valence-electron chi connectivity index (χ4n) is 0.463. The second-order valence-corrected chi connectivity index (χ2v) is 1.78. The van der Waals surface area contributed by atoms with E-state index in [0.29, 0.717) is 6.61 Å². The van der Waals surface area contributed by atoms with Crippen LogP contribution >= 0.6 is 0 Å². The quantitative estimate of drug-likeness (QED) is 0.530. The fourth-order valence-corrected chi connectivity index (χ4v) is 0.463. The van der Waals surface area contributed by atoms with E-state index in [4.69, 9.17) is 9.84 Å². The van der Waals surface area contributed by atoms with Crippen LogP contribution in [0.5, 0.6) is 0 Å². The van der Waals surface area contributed by atoms with E-state index in [1.807, 2.05) is 13.8 Å². The Hall–Kier alpha value is -0.120. The van der Waals surface area contributed by atoms with Crippen molar-refractivity contribution >= 4 is 0 Å². The Kier molecular flexibility index (Phi) is 5.93. The summed E-state index contributed by atoms with van der Waals surface area (Å²) in [7, 11) is 0. The van der Waals surface area contributed by atoms with Gasteiger partial charge in [0.1, 0.15) is 0 Å². The number of aliphatic hydroxyl groups is 1. The van der Waals surface area contributed by atoms with Crippen LogP contribution in [-0.2, 0) is 4.74 Å². The zero-order valence-corrected chi connectivity index (χ0v) is 6.05. The number of hydrogen-bond acceptors (Lipinski definition) is 3. The van der Waals surface area contributed by atoms with Crippen LogP contribution in [0.25, 0.3) is 0 Å². The summed E-state index contributed by atoms with van der Waals surface area (Å²) in [5.41, 5.74) is 0. The van der Waals surface area contributed by atoms with E-state index < -0.39 is 6.41 Å². The van der Waals surface area contributed by atoms with E-state index in [9.17, 15) is 0 Å². The molecule has 0 fully saturated rings. The zero-order valence-electron chi connectivity index (χ0n) is 6.05. The highest BCUT2D eigenvalue weighted by molar-refractivity contribution is 4.34. The third kappa shape index (κ3) is 5.76. The van der Waals surface area contributed by atoms with Gasteiger partial charge in [0.25, 0.3) is 0 Å². The molecular formula is C6H15NO2. The van der Waals surface area contributed by atoms with Crippen molar-refractivity contribution in [3.63, 3.8) is 0 Å². The third-order valence-electron chi connectivity index (χ3n) is 0.859. The third-order valence-corrected chi connectivity index (χ3v) is 0.859. The molecule has 0 saturated heterocycles. The molecule has 56 valence electrons.